The maximum Gasteiger partial charge on any atom is 0.220 e. The lowest BCUT2D eigenvalue weighted by Gasteiger charge is -2.40. The largest absolute Gasteiger partial charge is 0.394 e. The Morgan fingerprint density at radius 1 is 0.625 bits per heavy atom. The Balaban J connectivity index is 2.39. The van der Waals surface area contributed by atoms with E-state index < -0.39 is 49.5 Å². The van der Waals surface area contributed by atoms with Crippen molar-refractivity contribution in [1.29, 1.82) is 0 Å². The lowest BCUT2D eigenvalue weighted by Crippen LogP contribution is -2.60. The highest BCUT2D eigenvalue weighted by Crippen LogP contribution is 2.23. The Morgan fingerprint density at radius 2 is 1.04 bits per heavy atom. The van der Waals surface area contributed by atoms with E-state index in [1.54, 1.807) is 0 Å². The van der Waals surface area contributed by atoms with Crippen LogP contribution in [0.15, 0.2) is 0 Å². The molecule has 0 bridgehead atoms. The van der Waals surface area contributed by atoms with E-state index in [0.29, 0.717) is 12.8 Å². The molecular formula is C39H77NO8. The van der Waals surface area contributed by atoms with Crippen LogP contribution in [0.25, 0.3) is 0 Å². The van der Waals surface area contributed by atoms with Crippen molar-refractivity contribution in [2.75, 3.05) is 13.2 Å². The van der Waals surface area contributed by atoms with Crippen molar-refractivity contribution in [3.05, 3.63) is 0 Å². The van der Waals surface area contributed by atoms with Crippen LogP contribution in [0.4, 0.5) is 0 Å². The molecule has 1 aliphatic rings. The standard InChI is InChI=1S/C39H77NO8/c1-3-5-7-9-11-13-15-16-17-19-20-22-24-26-28-33(42)32(31-47-39-38(46)37(45)36(44)34(30-41)48-39)40-35(43)29-27-25-23-21-18-14-12-10-8-6-4-2/h32-34,36-39,41-42,44-46H,3-31H2,1-2H3,(H,40,43)/t32-,33+,34+,36+,37?,38?,39+/m0/s1. The van der Waals surface area contributed by atoms with Crippen LogP contribution in [-0.4, -0.2) is 87.5 Å². The molecule has 1 heterocycles. The van der Waals surface area contributed by atoms with Gasteiger partial charge in [-0.25, -0.2) is 0 Å². The number of carbonyl (C=O) groups is 1. The third kappa shape index (κ3) is 22.1. The SMILES string of the molecule is CCCCCCCCCCCCCCCC[C@@H](O)[C@H](CO[C@@H]1O[C@H](CO)[C@@H](O)C(O)C1O)NC(=O)CCCCCCCCCCCCC. The summed E-state index contributed by atoms with van der Waals surface area (Å²) in [5.74, 6) is -0.145. The summed E-state index contributed by atoms with van der Waals surface area (Å²) in [7, 11) is 0. The molecule has 9 nitrogen and oxygen atoms in total. The minimum atomic E-state index is -1.55. The second-order valence-corrected chi connectivity index (χ2v) is 14.4. The Kier molecular flexibility index (Phi) is 29.2. The van der Waals surface area contributed by atoms with E-state index in [1.165, 1.54) is 122 Å². The van der Waals surface area contributed by atoms with E-state index in [2.05, 4.69) is 19.2 Å². The molecule has 0 radical (unpaired) electrons. The van der Waals surface area contributed by atoms with Crippen LogP contribution in [0.1, 0.15) is 187 Å². The van der Waals surface area contributed by atoms with Crippen LogP contribution in [0, 0.1) is 0 Å². The molecule has 1 rings (SSSR count). The van der Waals surface area contributed by atoms with Gasteiger partial charge >= 0.3 is 0 Å². The Bertz CT molecular complexity index is 726. The Morgan fingerprint density at radius 3 is 1.48 bits per heavy atom. The third-order valence-corrected chi connectivity index (χ3v) is 9.96. The van der Waals surface area contributed by atoms with Gasteiger partial charge in [-0.2, -0.15) is 0 Å². The number of ether oxygens (including phenoxy) is 2. The van der Waals surface area contributed by atoms with E-state index in [-0.39, 0.29) is 12.5 Å². The van der Waals surface area contributed by atoms with Gasteiger partial charge in [-0.3, -0.25) is 4.79 Å². The van der Waals surface area contributed by atoms with Gasteiger partial charge in [0.1, 0.15) is 24.4 Å². The summed E-state index contributed by atoms with van der Waals surface area (Å²) in [4.78, 5) is 12.9. The minimum Gasteiger partial charge on any atom is -0.394 e. The van der Waals surface area contributed by atoms with Crippen molar-refractivity contribution < 1.29 is 39.8 Å². The van der Waals surface area contributed by atoms with E-state index in [1.807, 2.05) is 0 Å². The number of hydrogen-bond donors (Lipinski definition) is 6. The first kappa shape index (κ1) is 45.2. The second kappa shape index (κ2) is 31.0. The van der Waals surface area contributed by atoms with Gasteiger partial charge in [-0.05, 0) is 12.8 Å². The molecule has 286 valence electrons. The predicted octanol–water partition coefficient (Wildman–Crippen LogP) is 7.22. The van der Waals surface area contributed by atoms with Crippen molar-refractivity contribution in [3.8, 4) is 0 Å². The lowest BCUT2D eigenvalue weighted by atomic mass is 9.99. The summed E-state index contributed by atoms with van der Waals surface area (Å²) < 4.78 is 11.2. The molecule has 2 unspecified atom stereocenters. The Hall–Kier alpha value is -0.810. The highest BCUT2D eigenvalue weighted by Gasteiger charge is 2.44. The average molecular weight is 688 g/mol. The topological polar surface area (TPSA) is 149 Å². The van der Waals surface area contributed by atoms with Gasteiger partial charge < -0.3 is 40.3 Å². The number of aliphatic hydroxyl groups excluding tert-OH is 5. The van der Waals surface area contributed by atoms with E-state index in [0.717, 1.165) is 38.5 Å². The molecule has 0 aromatic heterocycles. The molecule has 1 saturated heterocycles. The zero-order valence-electron chi connectivity index (χ0n) is 31.0. The zero-order valence-corrected chi connectivity index (χ0v) is 31.0. The molecule has 6 N–H and O–H groups in total. The third-order valence-electron chi connectivity index (χ3n) is 9.96. The van der Waals surface area contributed by atoms with Crippen molar-refractivity contribution in [2.45, 2.75) is 230 Å². The van der Waals surface area contributed by atoms with Crippen LogP contribution < -0.4 is 5.32 Å². The number of hydrogen-bond acceptors (Lipinski definition) is 8. The number of amides is 1. The summed E-state index contributed by atoms with van der Waals surface area (Å²) in [5.41, 5.74) is 0. The Labute approximate surface area is 294 Å². The highest BCUT2D eigenvalue weighted by atomic mass is 16.7. The van der Waals surface area contributed by atoms with Gasteiger partial charge in [0.25, 0.3) is 0 Å². The molecule has 1 fully saturated rings. The zero-order chi connectivity index (χ0) is 35.2. The molecule has 9 heteroatoms. The molecule has 7 atom stereocenters. The van der Waals surface area contributed by atoms with Crippen LogP contribution in [0.5, 0.6) is 0 Å². The van der Waals surface area contributed by atoms with Gasteiger partial charge in [0.15, 0.2) is 6.29 Å². The lowest BCUT2D eigenvalue weighted by molar-refractivity contribution is -0.302. The van der Waals surface area contributed by atoms with E-state index in [4.69, 9.17) is 9.47 Å². The summed E-state index contributed by atoms with van der Waals surface area (Å²) in [5, 5.41) is 54.1. The molecule has 1 amide bonds. The molecule has 48 heavy (non-hydrogen) atoms. The second-order valence-electron chi connectivity index (χ2n) is 14.4. The first-order valence-electron chi connectivity index (χ1n) is 20.2. The molecule has 0 saturated carbocycles. The van der Waals surface area contributed by atoms with Crippen molar-refractivity contribution in [2.24, 2.45) is 0 Å². The van der Waals surface area contributed by atoms with Gasteiger partial charge in [-0.15, -0.1) is 0 Å². The van der Waals surface area contributed by atoms with E-state index >= 15 is 0 Å². The molecule has 1 aliphatic heterocycles. The monoisotopic (exact) mass is 688 g/mol. The maximum absolute atomic E-state index is 12.9. The average Bonchev–Trinajstić information content (AvgIpc) is 3.08. The minimum absolute atomic E-state index is 0.132. The van der Waals surface area contributed by atoms with Gasteiger partial charge in [0.05, 0.1) is 25.4 Å². The normalized spacial score (nSPS) is 22.5. The molecule has 0 aromatic rings. The fourth-order valence-electron chi connectivity index (χ4n) is 6.63. The first-order valence-corrected chi connectivity index (χ1v) is 20.2. The summed E-state index contributed by atoms with van der Waals surface area (Å²) >= 11 is 0. The number of carbonyl (C=O) groups excluding carboxylic acids is 1. The number of aliphatic hydroxyl groups is 5. The summed E-state index contributed by atoms with van der Waals surface area (Å²) in [6.07, 6.45) is 23.9. The van der Waals surface area contributed by atoms with Crippen LogP contribution in [0.2, 0.25) is 0 Å². The predicted molar refractivity (Wildman–Crippen MR) is 194 cm³/mol. The summed E-state index contributed by atoms with van der Waals surface area (Å²) in [6, 6.07) is -0.709. The van der Waals surface area contributed by atoms with Crippen LogP contribution >= 0.6 is 0 Å². The quantitative estimate of drug-likeness (QED) is 0.0396. The molecule has 0 spiro atoms. The van der Waals surface area contributed by atoms with Gasteiger partial charge in [0, 0.05) is 6.42 Å². The van der Waals surface area contributed by atoms with Crippen molar-refractivity contribution in [3.63, 3.8) is 0 Å². The number of unbranched alkanes of at least 4 members (excludes halogenated alkanes) is 23. The smallest absolute Gasteiger partial charge is 0.220 e. The maximum atomic E-state index is 12.9. The van der Waals surface area contributed by atoms with Crippen molar-refractivity contribution in [1.82, 2.24) is 5.32 Å². The van der Waals surface area contributed by atoms with Crippen LogP contribution in [0.3, 0.4) is 0 Å². The number of nitrogens with one attached hydrogen (secondary N) is 1. The van der Waals surface area contributed by atoms with Gasteiger partial charge in [-0.1, -0.05) is 168 Å². The van der Waals surface area contributed by atoms with Crippen LogP contribution in [-0.2, 0) is 14.3 Å². The highest BCUT2D eigenvalue weighted by molar-refractivity contribution is 5.76. The molecular weight excluding hydrogens is 610 g/mol. The van der Waals surface area contributed by atoms with Gasteiger partial charge in [0.2, 0.25) is 5.91 Å². The number of rotatable bonds is 33. The fraction of sp³-hybridized carbons (Fsp3) is 0.974. The fourth-order valence-corrected chi connectivity index (χ4v) is 6.63. The first-order chi connectivity index (χ1) is 23.3. The summed E-state index contributed by atoms with van der Waals surface area (Å²) in [6.45, 7) is 3.81. The molecule has 0 aromatic carbocycles. The van der Waals surface area contributed by atoms with Crippen molar-refractivity contribution >= 4 is 5.91 Å². The molecule has 0 aliphatic carbocycles. The van der Waals surface area contributed by atoms with E-state index in [9.17, 15) is 30.3 Å².